The van der Waals surface area contributed by atoms with E-state index < -0.39 is 0 Å². The van der Waals surface area contributed by atoms with Crippen molar-refractivity contribution in [2.75, 3.05) is 18.0 Å². The second kappa shape index (κ2) is 7.28. The molecule has 0 amide bonds. The van der Waals surface area contributed by atoms with Crippen molar-refractivity contribution >= 4 is 5.69 Å². The Labute approximate surface area is 128 Å². The molecule has 2 rings (SSSR count). The zero-order chi connectivity index (χ0) is 15.2. The zero-order valence-corrected chi connectivity index (χ0v) is 13.3. The third-order valence-electron chi connectivity index (χ3n) is 4.09. The first kappa shape index (κ1) is 15.6. The van der Waals surface area contributed by atoms with Gasteiger partial charge in [-0.2, -0.15) is 0 Å². The van der Waals surface area contributed by atoms with Gasteiger partial charge >= 0.3 is 0 Å². The Hall–Kier alpha value is -1.80. The Morgan fingerprint density at radius 1 is 1.00 bits per heavy atom. The molecule has 0 saturated carbocycles. The normalized spacial score (nSPS) is 13.7. The summed E-state index contributed by atoms with van der Waals surface area (Å²) >= 11 is 0. The van der Waals surface area contributed by atoms with E-state index in [1.165, 1.54) is 16.8 Å². The summed E-state index contributed by atoms with van der Waals surface area (Å²) in [5.74, 6) is 0.397. The second-order valence-electron chi connectivity index (χ2n) is 5.79. The molecule has 2 aromatic rings. The van der Waals surface area contributed by atoms with Crippen molar-refractivity contribution in [3.63, 3.8) is 0 Å². The van der Waals surface area contributed by atoms with E-state index in [9.17, 15) is 0 Å². The highest BCUT2D eigenvalue weighted by Crippen LogP contribution is 2.23. The zero-order valence-electron chi connectivity index (χ0n) is 13.3. The van der Waals surface area contributed by atoms with Crippen LogP contribution in [0.5, 0.6) is 0 Å². The molecule has 2 atom stereocenters. The third kappa shape index (κ3) is 4.08. The van der Waals surface area contributed by atoms with Crippen molar-refractivity contribution in [3.05, 3.63) is 65.7 Å². The quantitative estimate of drug-likeness (QED) is 0.862. The standard InChI is InChI=1S/C19H26N2/c1-4-21(18-12-10-15(2)11-13-18)14-16(3)19(20)17-8-6-5-7-9-17/h5-13,16,19H,4,14,20H2,1-3H3. The molecular formula is C19H26N2. The van der Waals surface area contributed by atoms with Crippen molar-refractivity contribution in [1.29, 1.82) is 0 Å². The monoisotopic (exact) mass is 282 g/mol. The third-order valence-corrected chi connectivity index (χ3v) is 4.09. The van der Waals surface area contributed by atoms with E-state index in [1.807, 2.05) is 6.07 Å². The molecule has 21 heavy (non-hydrogen) atoms. The molecule has 2 aromatic carbocycles. The van der Waals surface area contributed by atoms with Crippen LogP contribution in [-0.4, -0.2) is 13.1 Å². The minimum Gasteiger partial charge on any atom is -0.371 e. The van der Waals surface area contributed by atoms with E-state index in [4.69, 9.17) is 5.73 Å². The lowest BCUT2D eigenvalue weighted by atomic mass is 9.94. The van der Waals surface area contributed by atoms with Gasteiger partial charge in [0.25, 0.3) is 0 Å². The van der Waals surface area contributed by atoms with E-state index in [0.29, 0.717) is 5.92 Å². The second-order valence-corrected chi connectivity index (χ2v) is 5.79. The summed E-state index contributed by atoms with van der Waals surface area (Å²) in [4.78, 5) is 2.40. The molecular weight excluding hydrogens is 256 g/mol. The van der Waals surface area contributed by atoms with Gasteiger partial charge in [0.05, 0.1) is 0 Å². The molecule has 0 fully saturated rings. The van der Waals surface area contributed by atoms with E-state index in [2.05, 4.69) is 74.2 Å². The fourth-order valence-corrected chi connectivity index (χ4v) is 2.64. The summed E-state index contributed by atoms with van der Waals surface area (Å²) in [5, 5.41) is 0. The van der Waals surface area contributed by atoms with Crippen molar-refractivity contribution in [3.8, 4) is 0 Å². The smallest absolute Gasteiger partial charge is 0.0366 e. The molecule has 0 bridgehead atoms. The minimum atomic E-state index is 0.0747. The molecule has 2 heteroatoms. The first-order valence-electron chi connectivity index (χ1n) is 7.74. The van der Waals surface area contributed by atoms with Crippen LogP contribution in [0.3, 0.4) is 0 Å². The van der Waals surface area contributed by atoms with Gasteiger partial charge in [-0.3, -0.25) is 0 Å². The van der Waals surface area contributed by atoms with Crippen LogP contribution >= 0.6 is 0 Å². The molecule has 0 aromatic heterocycles. The number of nitrogens with two attached hydrogens (primary N) is 1. The van der Waals surface area contributed by atoms with E-state index in [-0.39, 0.29) is 6.04 Å². The fraction of sp³-hybridized carbons (Fsp3) is 0.368. The molecule has 2 N–H and O–H groups in total. The van der Waals surface area contributed by atoms with Gasteiger partial charge in [-0.15, -0.1) is 0 Å². The van der Waals surface area contributed by atoms with Gasteiger partial charge in [0.15, 0.2) is 0 Å². The lowest BCUT2D eigenvalue weighted by Crippen LogP contribution is -2.33. The molecule has 0 radical (unpaired) electrons. The Kier molecular flexibility index (Phi) is 5.40. The topological polar surface area (TPSA) is 29.3 Å². The Balaban J connectivity index is 2.06. The molecule has 0 heterocycles. The molecule has 2 unspecified atom stereocenters. The van der Waals surface area contributed by atoms with Crippen LogP contribution in [0.2, 0.25) is 0 Å². The molecule has 0 saturated heterocycles. The lowest BCUT2D eigenvalue weighted by molar-refractivity contribution is 0.466. The van der Waals surface area contributed by atoms with Crippen LogP contribution in [0, 0.1) is 12.8 Å². The van der Waals surface area contributed by atoms with E-state index >= 15 is 0 Å². The molecule has 0 aliphatic carbocycles. The Morgan fingerprint density at radius 3 is 2.19 bits per heavy atom. The molecule has 0 aliphatic heterocycles. The maximum atomic E-state index is 6.42. The van der Waals surface area contributed by atoms with Crippen LogP contribution in [0.4, 0.5) is 5.69 Å². The van der Waals surface area contributed by atoms with Crippen LogP contribution in [-0.2, 0) is 0 Å². The summed E-state index contributed by atoms with van der Waals surface area (Å²) in [6.45, 7) is 8.51. The van der Waals surface area contributed by atoms with Gasteiger partial charge < -0.3 is 10.6 Å². The largest absolute Gasteiger partial charge is 0.371 e. The summed E-state index contributed by atoms with van der Waals surface area (Å²) in [7, 11) is 0. The molecule has 2 nitrogen and oxygen atoms in total. The number of hydrogen-bond acceptors (Lipinski definition) is 2. The van der Waals surface area contributed by atoms with Gasteiger partial charge in [-0.25, -0.2) is 0 Å². The average molecular weight is 282 g/mol. The predicted molar refractivity (Wildman–Crippen MR) is 91.6 cm³/mol. The van der Waals surface area contributed by atoms with Crippen molar-refractivity contribution in [2.24, 2.45) is 11.7 Å². The number of rotatable bonds is 6. The SMILES string of the molecule is CCN(CC(C)C(N)c1ccccc1)c1ccc(C)cc1. The molecule has 0 spiro atoms. The number of aryl methyl sites for hydroxylation is 1. The highest BCUT2D eigenvalue weighted by molar-refractivity contribution is 5.47. The summed E-state index contributed by atoms with van der Waals surface area (Å²) in [6.07, 6.45) is 0. The van der Waals surface area contributed by atoms with E-state index in [1.54, 1.807) is 0 Å². The first-order valence-corrected chi connectivity index (χ1v) is 7.74. The van der Waals surface area contributed by atoms with Crippen LogP contribution in [0.15, 0.2) is 54.6 Å². The fourth-order valence-electron chi connectivity index (χ4n) is 2.64. The minimum absolute atomic E-state index is 0.0747. The summed E-state index contributed by atoms with van der Waals surface area (Å²) in [6, 6.07) is 19.2. The van der Waals surface area contributed by atoms with E-state index in [0.717, 1.165) is 13.1 Å². The van der Waals surface area contributed by atoms with Crippen LogP contribution in [0.25, 0.3) is 0 Å². The maximum Gasteiger partial charge on any atom is 0.0366 e. The summed E-state index contributed by atoms with van der Waals surface area (Å²) < 4.78 is 0. The molecule has 0 aliphatic rings. The van der Waals surface area contributed by atoms with Crippen molar-refractivity contribution in [2.45, 2.75) is 26.8 Å². The van der Waals surface area contributed by atoms with Crippen LogP contribution in [0.1, 0.15) is 31.0 Å². The first-order chi connectivity index (χ1) is 10.1. The highest BCUT2D eigenvalue weighted by atomic mass is 15.1. The van der Waals surface area contributed by atoms with Gasteiger partial charge in [0.1, 0.15) is 0 Å². The number of nitrogens with zero attached hydrogens (tertiary/aromatic N) is 1. The summed E-state index contributed by atoms with van der Waals surface area (Å²) in [5.41, 5.74) is 10.2. The Bertz CT molecular complexity index is 533. The van der Waals surface area contributed by atoms with Gasteiger partial charge in [0.2, 0.25) is 0 Å². The highest BCUT2D eigenvalue weighted by Gasteiger charge is 2.17. The van der Waals surface area contributed by atoms with Gasteiger partial charge in [-0.1, -0.05) is 55.0 Å². The number of benzene rings is 2. The predicted octanol–water partition coefficient (Wildman–Crippen LogP) is 4.16. The van der Waals surface area contributed by atoms with Gasteiger partial charge in [-0.05, 0) is 37.5 Å². The lowest BCUT2D eigenvalue weighted by Gasteiger charge is -2.30. The van der Waals surface area contributed by atoms with Gasteiger partial charge in [0, 0.05) is 24.8 Å². The number of hydrogen-bond donors (Lipinski definition) is 1. The van der Waals surface area contributed by atoms with Crippen LogP contribution < -0.4 is 10.6 Å². The number of anilines is 1. The van der Waals surface area contributed by atoms with Crippen molar-refractivity contribution < 1.29 is 0 Å². The molecule has 112 valence electrons. The van der Waals surface area contributed by atoms with Crippen molar-refractivity contribution in [1.82, 2.24) is 0 Å². The Morgan fingerprint density at radius 2 is 1.62 bits per heavy atom. The average Bonchev–Trinajstić information content (AvgIpc) is 2.53. The maximum absolute atomic E-state index is 6.42.